The lowest BCUT2D eigenvalue weighted by Crippen LogP contribution is -2.37. The molecule has 0 N–H and O–H groups in total. The topological polar surface area (TPSA) is 29.5 Å². The molecule has 1 aliphatic carbocycles. The van der Waals surface area contributed by atoms with Gasteiger partial charge in [0, 0.05) is 4.43 Å². The minimum Gasteiger partial charge on any atom is -0.276 e. The van der Waals surface area contributed by atoms with E-state index in [1.165, 1.54) is 5.06 Å². The predicted octanol–water partition coefficient (Wildman–Crippen LogP) is 2.54. The van der Waals surface area contributed by atoms with Gasteiger partial charge in [-0.25, -0.2) is 5.06 Å². The van der Waals surface area contributed by atoms with E-state index in [1.807, 2.05) is 30.3 Å². The molecule has 0 atom stereocenters. The summed E-state index contributed by atoms with van der Waals surface area (Å²) in [6.45, 7) is 0.456. The smallest absolute Gasteiger partial charge is 0.233 e. The summed E-state index contributed by atoms with van der Waals surface area (Å²) >= 11 is 2.31. The van der Waals surface area contributed by atoms with E-state index in [0.717, 1.165) is 29.2 Å². The molecule has 0 heterocycles. The Bertz CT molecular complexity index is 351. The van der Waals surface area contributed by atoms with Crippen molar-refractivity contribution < 1.29 is 9.63 Å². The van der Waals surface area contributed by atoms with Crippen LogP contribution in [-0.2, 0) is 16.2 Å². The van der Waals surface area contributed by atoms with Gasteiger partial charge in [0.05, 0.1) is 5.54 Å². The van der Waals surface area contributed by atoms with Gasteiger partial charge in [0.15, 0.2) is 0 Å². The maximum Gasteiger partial charge on any atom is 0.233 e. The molecule has 1 amide bonds. The van der Waals surface area contributed by atoms with E-state index in [1.54, 1.807) is 0 Å². The van der Waals surface area contributed by atoms with Crippen molar-refractivity contribution in [1.29, 1.82) is 0 Å². The number of rotatable bonds is 6. The predicted molar refractivity (Wildman–Crippen MR) is 70.0 cm³/mol. The fourth-order valence-corrected chi connectivity index (χ4v) is 2.65. The van der Waals surface area contributed by atoms with Gasteiger partial charge >= 0.3 is 0 Å². The number of carbonyl (C=O) groups is 1. The summed E-state index contributed by atoms with van der Waals surface area (Å²) in [5.74, 6) is 0. The third-order valence-electron chi connectivity index (χ3n) is 2.85. The van der Waals surface area contributed by atoms with Gasteiger partial charge in [0.1, 0.15) is 6.61 Å². The highest BCUT2D eigenvalue weighted by molar-refractivity contribution is 14.1. The molecule has 1 aromatic carbocycles. The first kappa shape index (κ1) is 11.9. The number of hydrogen-bond donors (Lipinski definition) is 0. The van der Waals surface area contributed by atoms with Crippen LogP contribution in [0.5, 0.6) is 0 Å². The highest BCUT2D eigenvalue weighted by Crippen LogP contribution is 2.42. The molecule has 1 fully saturated rings. The second-order valence-electron chi connectivity index (χ2n) is 4.05. The van der Waals surface area contributed by atoms with E-state index in [0.29, 0.717) is 6.61 Å². The Kier molecular flexibility index (Phi) is 3.81. The quantitative estimate of drug-likeness (QED) is 0.347. The zero-order valence-corrected chi connectivity index (χ0v) is 11.1. The lowest BCUT2D eigenvalue weighted by molar-refractivity contribution is -0.194. The average molecular weight is 331 g/mol. The number of nitrogens with zero attached hydrogens (tertiary/aromatic N) is 1. The monoisotopic (exact) mass is 331 g/mol. The van der Waals surface area contributed by atoms with E-state index in [-0.39, 0.29) is 5.54 Å². The standard InChI is InChI=1S/C12H14INO2/c13-9-12(6-7-12)14(10-15)16-8-11-4-2-1-3-5-11/h1-5,10H,6-9H2. The first-order chi connectivity index (χ1) is 7.80. The molecule has 0 aromatic heterocycles. The van der Waals surface area contributed by atoms with Crippen LogP contribution in [0.4, 0.5) is 0 Å². The van der Waals surface area contributed by atoms with Crippen LogP contribution >= 0.6 is 22.6 Å². The first-order valence-corrected chi connectivity index (χ1v) is 6.81. The lowest BCUT2D eigenvalue weighted by atomic mass is 10.2. The summed E-state index contributed by atoms with van der Waals surface area (Å²) in [7, 11) is 0. The molecule has 1 saturated carbocycles. The summed E-state index contributed by atoms with van der Waals surface area (Å²) in [5, 5.41) is 1.49. The van der Waals surface area contributed by atoms with Crippen molar-refractivity contribution in [3.8, 4) is 0 Å². The maximum atomic E-state index is 11.0. The second-order valence-corrected chi connectivity index (χ2v) is 4.81. The number of carbonyl (C=O) groups excluding carboxylic acids is 1. The molecule has 3 nitrogen and oxygen atoms in total. The highest BCUT2D eigenvalue weighted by Gasteiger charge is 2.48. The van der Waals surface area contributed by atoms with E-state index in [4.69, 9.17) is 4.84 Å². The van der Waals surface area contributed by atoms with Crippen molar-refractivity contribution in [2.45, 2.75) is 25.0 Å². The molecule has 86 valence electrons. The van der Waals surface area contributed by atoms with E-state index in [9.17, 15) is 4.79 Å². The SMILES string of the molecule is O=CN(OCc1ccccc1)C1(CI)CC1. The molecule has 1 aromatic rings. The second kappa shape index (κ2) is 5.14. The molecular formula is C12H14INO2. The van der Waals surface area contributed by atoms with Crippen LogP contribution in [0.3, 0.4) is 0 Å². The summed E-state index contributed by atoms with van der Waals surface area (Å²) < 4.78 is 0.929. The molecule has 0 spiro atoms. The van der Waals surface area contributed by atoms with Gasteiger partial charge in [0.2, 0.25) is 6.41 Å². The molecule has 4 heteroatoms. The maximum absolute atomic E-state index is 11.0. The zero-order chi connectivity index (χ0) is 11.4. The molecule has 0 radical (unpaired) electrons. The van der Waals surface area contributed by atoms with E-state index >= 15 is 0 Å². The highest BCUT2D eigenvalue weighted by atomic mass is 127. The Hall–Kier alpha value is -0.620. The Labute approximate surface area is 109 Å². The number of hydrogen-bond acceptors (Lipinski definition) is 2. The van der Waals surface area contributed by atoms with Gasteiger partial charge in [-0.1, -0.05) is 52.9 Å². The van der Waals surface area contributed by atoms with Crippen LogP contribution in [0.1, 0.15) is 18.4 Å². The third kappa shape index (κ3) is 2.55. The first-order valence-electron chi connectivity index (χ1n) is 5.28. The van der Waals surface area contributed by atoms with Crippen molar-refractivity contribution >= 4 is 29.0 Å². The summed E-state index contributed by atoms with van der Waals surface area (Å²) in [4.78, 5) is 16.5. The molecule has 16 heavy (non-hydrogen) atoms. The molecule has 0 bridgehead atoms. The van der Waals surface area contributed by atoms with Crippen LogP contribution < -0.4 is 0 Å². The fourth-order valence-electron chi connectivity index (χ4n) is 1.55. The minimum atomic E-state index is -0.0307. The third-order valence-corrected chi connectivity index (χ3v) is 4.27. The van der Waals surface area contributed by atoms with Gasteiger partial charge < -0.3 is 0 Å². The largest absolute Gasteiger partial charge is 0.276 e. The van der Waals surface area contributed by atoms with Crippen LogP contribution in [0.2, 0.25) is 0 Å². The Morgan fingerprint density at radius 3 is 2.56 bits per heavy atom. The lowest BCUT2D eigenvalue weighted by Gasteiger charge is -2.25. The van der Waals surface area contributed by atoms with Crippen LogP contribution in [0, 0.1) is 0 Å². The van der Waals surface area contributed by atoms with Crippen LogP contribution in [0.25, 0.3) is 0 Å². The van der Waals surface area contributed by atoms with Gasteiger partial charge in [-0.15, -0.1) is 0 Å². The van der Waals surface area contributed by atoms with Crippen molar-refractivity contribution in [3.05, 3.63) is 35.9 Å². The Morgan fingerprint density at radius 1 is 1.38 bits per heavy atom. The molecular weight excluding hydrogens is 317 g/mol. The molecule has 1 aliphatic rings. The molecule has 2 rings (SSSR count). The number of hydroxylamine groups is 2. The summed E-state index contributed by atoms with van der Waals surface area (Å²) in [6.07, 6.45) is 2.89. The summed E-state index contributed by atoms with van der Waals surface area (Å²) in [5.41, 5.74) is 1.05. The van der Waals surface area contributed by atoms with Crippen molar-refractivity contribution in [3.63, 3.8) is 0 Å². The normalized spacial score (nSPS) is 16.8. The minimum absolute atomic E-state index is 0.0307. The number of amides is 1. The Morgan fingerprint density at radius 2 is 2.06 bits per heavy atom. The van der Waals surface area contributed by atoms with E-state index in [2.05, 4.69) is 22.6 Å². The number of benzene rings is 1. The molecule has 0 aliphatic heterocycles. The fraction of sp³-hybridized carbons (Fsp3) is 0.417. The Balaban J connectivity index is 1.91. The van der Waals surface area contributed by atoms with Gasteiger partial charge in [0.25, 0.3) is 0 Å². The van der Waals surface area contributed by atoms with Gasteiger partial charge in [-0.2, -0.15) is 0 Å². The number of halogens is 1. The molecule has 0 unspecified atom stereocenters. The van der Waals surface area contributed by atoms with Crippen molar-refractivity contribution in [1.82, 2.24) is 5.06 Å². The molecule has 0 saturated heterocycles. The van der Waals surface area contributed by atoms with Gasteiger partial charge in [-0.3, -0.25) is 9.63 Å². The zero-order valence-electron chi connectivity index (χ0n) is 8.93. The van der Waals surface area contributed by atoms with Crippen LogP contribution in [0.15, 0.2) is 30.3 Å². The average Bonchev–Trinajstić information content (AvgIpc) is 3.12. The van der Waals surface area contributed by atoms with Crippen molar-refractivity contribution in [2.24, 2.45) is 0 Å². The summed E-state index contributed by atoms with van der Waals surface area (Å²) in [6, 6.07) is 9.89. The van der Waals surface area contributed by atoms with Gasteiger partial charge in [-0.05, 0) is 18.4 Å². The number of alkyl halides is 1. The van der Waals surface area contributed by atoms with Crippen molar-refractivity contribution in [2.75, 3.05) is 4.43 Å². The van der Waals surface area contributed by atoms with E-state index < -0.39 is 0 Å². The van der Waals surface area contributed by atoms with Crippen LogP contribution in [-0.4, -0.2) is 21.4 Å².